The molecule has 0 saturated heterocycles. The van der Waals surface area contributed by atoms with Crippen LogP contribution in [-0.2, 0) is 13.0 Å². The Morgan fingerprint density at radius 2 is 1.76 bits per heavy atom. The van der Waals surface area contributed by atoms with Crippen molar-refractivity contribution in [1.29, 1.82) is 0 Å². The topological polar surface area (TPSA) is 85.5 Å². The third-order valence-corrected chi connectivity index (χ3v) is 5.64. The number of hydrogen-bond donors (Lipinski definition) is 1. The van der Waals surface area contributed by atoms with Crippen molar-refractivity contribution in [2.24, 2.45) is 0 Å². The lowest BCUT2D eigenvalue weighted by molar-refractivity contribution is 0.577. The number of nitrogen functional groups attached to an aromatic ring is 1. The lowest BCUT2D eigenvalue weighted by atomic mass is 10.1. The predicted molar refractivity (Wildman–Crippen MR) is 130 cm³/mol. The minimum atomic E-state index is 0.445. The minimum Gasteiger partial charge on any atom is -0.461 e. The normalized spacial score (nSPS) is 11.2. The summed E-state index contributed by atoms with van der Waals surface area (Å²) in [5.74, 6) is 2.73. The van der Waals surface area contributed by atoms with Crippen LogP contribution in [0.25, 0.3) is 17.4 Å². The first-order chi connectivity index (χ1) is 16.0. The van der Waals surface area contributed by atoms with Crippen molar-refractivity contribution in [3.8, 4) is 11.6 Å². The van der Waals surface area contributed by atoms with E-state index in [0.717, 1.165) is 25.3 Å². The molecule has 2 N–H and O–H groups in total. The van der Waals surface area contributed by atoms with Gasteiger partial charge in [0.1, 0.15) is 11.6 Å². The van der Waals surface area contributed by atoms with Crippen LogP contribution in [0.3, 0.4) is 0 Å². The van der Waals surface area contributed by atoms with E-state index in [9.17, 15) is 0 Å². The van der Waals surface area contributed by atoms with Gasteiger partial charge in [-0.1, -0.05) is 59.7 Å². The lowest BCUT2D eigenvalue weighted by Gasteiger charge is -2.24. The first-order valence-electron chi connectivity index (χ1n) is 11.0. The third-order valence-electron chi connectivity index (χ3n) is 5.64. The molecule has 0 amide bonds. The molecule has 0 unspecified atom stereocenters. The number of nitrogens with two attached hydrogens (primary N) is 1. The summed E-state index contributed by atoms with van der Waals surface area (Å²) in [4.78, 5) is 11.6. The van der Waals surface area contributed by atoms with Crippen LogP contribution in [0.2, 0.25) is 0 Å². The summed E-state index contributed by atoms with van der Waals surface area (Å²) in [6.07, 6.45) is 2.49. The number of aryl methyl sites for hydroxylation is 2. The minimum absolute atomic E-state index is 0.445. The van der Waals surface area contributed by atoms with Crippen LogP contribution in [-0.4, -0.2) is 26.1 Å². The van der Waals surface area contributed by atoms with Gasteiger partial charge in [-0.2, -0.15) is 14.5 Å². The fraction of sp³-hybridized carbons (Fsp3) is 0.192. The van der Waals surface area contributed by atoms with E-state index in [1.54, 1.807) is 16.8 Å². The Bertz CT molecular complexity index is 1370. The Morgan fingerprint density at radius 3 is 2.52 bits per heavy atom. The van der Waals surface area contributed by atoms with Gasteiger partial charge in [0.2, 0.25) is 5.82 Å². The summed E-state index contributed by atoms with van der Waals surface area (Å²) in [5, 5.41) is 4.46. The number of benzene rings is 2. The maximum absolute atomic E-state index is 6.37. The molecule has 0 aliphatic heterocycles. The molecule has 166 valence electrons. The van der Waals surface area contributed by atoms with E-state index in [4.69, 9.17) is 15.1 Å². The molecule has 2 aromatic carbocycles. The number of nitrogens with zero attached hydrogens (tertiary/aromatic N) is 5. The van der Waals surface area contributed by atoms with Gasteiger partial charge in [-0.3, -0.25) is 0 Å². The monoisotopic (exact) mass is 438 g/mol. The van der Waals surface area contributed by atoms with Gasteiger partial charge in [0.05, 0.1) is 6.26 Å². The number of furan rings is 1. The fourth-order valence-electron chi connectivity index (χ4n) is 3.87. The summed E-state index contributed by atoms with van der Waals surface area (Å²) in [5.41, 5.74) is 11.4. The van der Waals surface area contributed by atoms with Gasteiger partial charge in [0, 0.05) is 19.2 Å². The van der Waals surface area contributed by atoms with E-state index in [-0.39, 0.29) is 0 Å². The van der Waals surface area contributed by atoms with Crippen molar-refractivity contribution < 1.29 is 4.42 Å². The number of hydrogen-bond acceptors (Lipinski definition) is 6. The van der Waals surface area contributed by atoms with Gasteiger partial charge in [-0.05, 0) is 43.5 Å². The zero-order chi connectivity index (χ0) is 22.8. The van der Waals surface area contributed by atoms with Crippen molar-refractivity contribution in [3.63, 3.8) is 0 Å². The Kier molecular flexibility index (Phi) is 5.52. The Labute approximate surface area is 192 Å². The molecular formula is C26H26N6O. The van der Waals surface area contributed by atoms with E-state index < -0.39 is 0 Å². The molecule has 7 nitrogen and oxygen atoms in total. The molecule has 5 rings (SSSR count). The van der Waals surface area contributed by atoms with E-state index in [1.807, 2.05) is 12.1 Å². The summed E-state index contributed by atoms with van der Waals surface area (Å²) in [6.45, 7) is 5.72. The molecule has 0 atom stereocenters. The summed E-state index contributed by atoms with van der Waals surface area (Å²) in [6, 6.07) is 22.7. The predicted octanol–water partition coefficient (Wildman–Crippen LogP) is 4.83. The van der Waals surface area contributed by atoms with Crippen molar-refractivity contribution in [1.82, 2.24) is 19.6 Å². The summed E-state index contributed by atoms with van der Waals surface area (Å²) >= 11 is 0. The number of fused-ring (bicyclic) bond motifs is 1. The first-order valence-corrected chi connectivity index (χ1v) is 11.0. The standard InChI is InChI=1S/C26H26N6O/c1-18-8-10-20(11-9-18)12-13-31(17-21-6-3-5-19(2)15-21)24-16-23(27)32-26(28-24)29-25(30-32)22-7-4-14-33-22/h3-11,14-16H,12-13,17,27H2,1-2H3. The second-order valence-electron chi connectivity index (χ2n) is 8.31. The average molecular weight is 439 g/mol. The maximum Gasteiger partial charge on any atom is 0.256 e. The van der Waals surface area contributed by atoms with Crippen molar-refractivity contribution in [3.05, 3.63) is 95.2 Å². The zero-order valence-corrected chi connectivity index (χ0v) is 18.8. The van der Waals surface area contributed by atoms with E-state index in [1.165, 1.54) is 22.3 Å². The second-order valence-corrected chi connectivity index (χ2v) is 8.31. The van der Waals surface area contributed by atoms with Crippen LogP contribution in [0.5, 0.6) is 0 Å². The summed E-state index contributed by atoms with van der Waals surface area (Å²) < 4.78 is 6.98. The molecule has 0 bridgehead atoms. The fourth-order valence-corrected chi connectivity index (χ4v) is 3.87. The van der Waals surface area contributed by atoms with Crippen molar-refractivity contribution in [2.45, 2.75) is 26.8 Å². The Hall–Kier alpha value is -4.13. The second kappa shape index (κ2) is 8.78. The molecule has 0 aliphatic rings. The van der Waals surface area contributed by atoms with Gasteiger partial charge in [0.15, 0.2) is 5.76 Å². The van der Waals surface area contributed by atoms with Gasteiger partial charge in [-0.25, -0.2) is 0 Å². The lowest BCUT2D eigenvalue weighted by Crippen LogP contribution is -2.27. The van der Waals surface area contributed by atoms with Crippen LogP contribution >= 0.6 is 0 Å². The van der Waals surface area contributed by atoms with E-state index in [2.05, 4.69) is 77.4 Å². The van der Waals surface area contributed by atoms with Crippen LogP contribution in [0, 0.1) is 13.8 Å². The van der Waals surface area contributed by atoms with Gasteiger partial charge < -0.3 is 15.1 Å². The van der Waals surface area contributed by atoms with Crippen molar-refractivity contribution >= 4 is 17.4 Å². The maximum atomic E-state index is 6.37. The summed E-state index contributed by atoms with van der Waals surface area (Å²) in [7, 11) is 0. The van der Waals surface area contributed by atoms with Crippen LogP contribution in [0.4, 0.5) is 11.6 Å². The highest BCUT2D eigenvalue weighted by Gasteiger charge is 2.16. The molecule has 5 aromatic rings. The molecule has 7 heteroatoms. The van der Waals surface area contributed by atoms with Crippen molar-refractivity contribution in [2.75, 3.05) is 17.2 Å². The first kappa shape index (κ1) is 20.8. The number of aromatic nitrogens is 4. The highest BCUT2D eigenvalue weighted by Crippen LogP contribution is 2.23. The van der Waals surface area contributed by atoms with E-state index in [0.29, 0.717) is 23.2 Å². The Morgan fingerprint density at radius 1 is 0.909 bits per heavy atom. The Balaban J connectivity index is 1.49. The zero-order valence-electron chi connectivity index (χ0n) is 18.8. The molecule has 0 aliphatic carbocycles. The molecule has 0 fully saturated rings. The molecule has 33 heavy (non-hydrogen) atoms. The molecular weight excluding hydrogens is 412 g/mol. The van der Waals surface area contributed by atoms with Crippen LogP contribution in [0.1, 0.15) is 22.3 Å². The van der Waals surface area contributed by atoms with Crippen LogP contribution in [0.15, 0.2) is 77.4 Å². The molecule has 3 aromatic heterocycles. The molecule has 0 spiro atoms. The van der Waals surface area contributed by atoms with E-state index >= 15 is 0 Å². The number of rotatable bonds is 7. The highest BCUT2D eigenvalue weighted by molar-refractivity contribution is 5.57. The number of anilines is 2. The third kappa shape index (κ3) is 4.57. The molecule has 0 saturated carbocycles. The highest BCUT2D eigenvalue weighted by atomic mass is 16.3. The van der Waals surface area contributed by atoms with Gasteiger partial charge >= 0.3 is 0 Å². The largest absolute Gasteiger partial charge is 0.461 e. The van der Waals surface area contributed by atoms with Crippen LogP contribution < -0.4 is 10.6 Å². The molecule has 0 radical (unpaired) electrons. The SMILES string of the molecule is Cc1ccc(CCN(Cc2cccc(C)c2)c2cc(N)n3nc(-c4ccco4)nc3n2)cc1. The average Bonchev–Trinajstić information content (AvgIpc) is 3.48. The molecule has 3 heterocycles. The van der Waals surface area contributed by atoms with Gasteiger partial charge in [-0.15, -0.1) is 5.10 Å². The smallest absolute Gasteiger partial charge is 0.256 e. The quantitative estimate of drug-likeness (QED) is 0.392. The van der Waals surface area contributed by atoms with Gasteiger partial charge in [0.25, 0.3) is 5.78 Å².